The largest absolute Gasteiger partial charge is 0.459 e. The quantitative estimate of drug-likeness (QED) is 0.500. The third-order valence-electron chi connectivity index (χ3n) is 2.43. The molecule has 0 bridgehead atoms. The summed E-state index contributed by atoms with van der Waals surface area (Å²) < 4.78 is 5.41. The van der Waals surface area contributed by atoms with E-state index in [2.05, 4.69) is 17.9 Å². The average molecular weight is 204 g/mol. The molecule has 0 aliphatic carbocycles. The van der Waals surface area contributed by atoms with Crippen LogP contribution < -0.4 is 5.32 Å². The number of esters is 1. The van der Waals surface area contributed by atoms with Gasteiger partial charge in [0.1, 0.15) is 5.60 Å². The van der Waals surface area contributed by atoms with Gasteiger partial charge in [0.2, 0.25) is 0 Å². The van der Waals surface area contributed by atoms with E-state index in [9.17, 15) is 4.79 Å². The molecule has 3 nitrogen and oxygen atoms in total. The molecular formula is C9H18NO2S+. The zero-order valence-corrected chi connectivity index (χ0v) is 8.98. The molecule has 0 saturated carbocycles. The van der Waals surface area contributed by atoms with Crippen LogP contribution >= 0.6 is 12.6 Å². The van der Waals surface area contributed by atoms with Crippen molar-refractivity contribution >= 4 is 18.6 Å². The average Bonchev–Trinajstić information content (AvgIpc) is 2.04. The molecule has 0 radical (unpaired) electrons. The van der Waals surface area contributed by atoms with Crippen LogP contribution in [0, 0.1) is 0 Å². The monoisotopic (exact) mass is 204 g/mol. The van der Waals surface area contributed by atoms with Gasteiger partial charge in [0.05, 0.1) is 19.5 Å². The maximum absolute atomic E-state index is 11.2. The number of piperidine rings is 1. The molecule has 1 rings (SSSR count). The van der Waals surface area contributed by atoms with E-state index in [0.717, 1.165) is 25.9 Å². The van der Waals surface area contributed by atoms with Crippen molar-refractivity contribution in [2.24, 2.45) is 0 Å². The number of thiol groups is 1. The van der Waals surface area contributed by atoms with Crippen molar-refractivity contribution in [3.63, 3.8) is 0 Å². The van der Waals surface area contributed by atoms with Crippen molar-refractivity contribution in [3.8, 4) is 0 Å². The molecule has 0 aromatic heterocycles. The molecule has 0 aromatic carbocycles. The van der Waals surface area contributed by atoms with E-state index in [1.807, 2.05) is 6.92 Å². The van der Waals surface area contributed by atoms with E-state index < -0.39 is 0 Å². The van der Waals surface area contributed by atoms with Crippen LogP contribution in [-0.4, -0.2) is 30.4 Å². The Morgan fingerprint density at radius 2 is 2.15 bits per heavy atom. The lowest BCUT2D eigenvalue weighted by atomic mass is 9.94. The fourth-order valence-corrected chi connectivity index (χ4v) is 1.79. The number of carbonyl (C=O) groups is 1. The van der Waals surface area contributed by atoms with Crippen LogP contribution in [0.3, 0.4) is 0 Å². The van der Waals surface area contributed by atoms with Crippen LogP contribution in [0.1, 0.15) is 26.2 Å². The van der Waals surface area contributed by atoms with E-state index in [-0.39, 0.29) is 11.6 Å². The Hall–Kier alpha value is -0.220. The van der Waals surface area contributed by atoms with Gasteiger partial charge in [-0.1, -0.05) is 0 Å². The Morgan fingerprint density at radius 1 is 1.54 bits per heavy atom. The number of quaternary nitrogens is 1. The van der Waals surface area contributed by atoms with Gasteiger partial charge in [0.25, 0.3) is 0 Å². The lowest BCUT2D eigenvalue weighted by Gasteiger charge is -2.31. The number of hydrogen-bond donors (Lipinski definition) is 2. The Bertz CT molecular complexity index is 178. The van der Waals surface area contributed by atoms with Crippen LogP contribution in [0.4, 0.5) is 0 Å². The number of carbonyl (C=O) groups excluding carboxylic acids is 1. The number of ether oxygens (including phenoxy) is 1. The van der Waals surface area contributed by atoms with Crippen LogP contribution in [-0.2, 0) is 9.53 Å². The van der Waals surface area contributed by atoms with Gasteiger partial charge in [-0.3, -0.25) is 4.79 Å². The third kappa shape index (κ3) is 3.56. The van der Waals surface area contributed by atoms with Gasteiger partial charge >= 0.3 is 5.97 Å². The Balaban J connectivity index is 2.36. The molecule has 76 valence electrons. The van der Waals surface area contributed by atoms with Crippen molar-refractivity contribution in [2.75, 3.05) is 18.8 Å². The molecule has 0 unspecified atom stereocenters. The summed E-state index contributed by atoms with van der Waals surface area (Å²) in [6.45, 7) is 4.14. The summed E-state index contributed by atoms with van der Waals surface area (Å²) in [6, 6.07) is 0. The Labute approximate surface area is 84.6 Å². The molecule has 0 aromatic rings. The van der Waals surface area contributed by atoms with Crippen LogP contribution in [0.2, 0.25) is 0 Å². The molecule has 1 aliphatic heterocycles. The third-order valence-corrected chi connectivity index (χ3v) is 2.65. The first-order valence-electron chi connectivity index (χ1n) is 4.81. The van der Waals surface area contributed by atoms with Crippen molar-refractivity contribution in [2.45, 2.75) is 31.8 Å². The van der Waals surface area contributed by atoms with E-state index >= 15 is 0 Å². The van der Waals surface area contributed by atoms with Gasteiger partial charge in [-0.25, -0.2) is 0 Å². The highest BCUT2D eigenvalue weighted by molar-refractivity contribution is 7.80. The van der Waals surface area contributed by atoms with Gasteiger partial charge in [-0.2, -0.15) is 12.6 Å². The molecular weight excluding hydrogens is 186 g/mol. The smallest absolute Gasteiger partial charge is 0.307 e. The molecule has 1 heterocycles. The van der Waals surface area contributed by atoms with E-state index in [1.54, 1.807) is 0 Å². The predicted octanol–water partition coefficient (Wildman–Crippen LogP) is -0.0346. The van der Waals surface area contributed by atoms with E-state index in [0.29, 0.717) is 12.2 Å². The summed E-state index contributed by atoms with van der Waals surface area (Å²) in [5.41, 5.74) is -0.214. The van der Waals surface area contributed by atoms with Crippen LogP contribution in [0.15, 0.2) is 0 Å². The summed E-state index contributed by atoms with van der Waals surface area (Å²) in [7, 11) is 0. The van der Waals surface area contributed by atoms with E-state index in [4.69, 9.17) is 4.74 Å². The Kier molecular flexibility index (Phi) is 4.06. The normalized spacial score (nSPS) is 21.1. The van der Waals surface area contributed by atoms with Crippen molar-refractivity contribution in [1.82, 2.24) is 0 Å². The summed E-state index contributed by atoms with van der Waals surface area (Å²) >= 11 is 4.00. The second kappa shape index (κ2) is 4.86. The maximum Gasteiger partial charge on any atom is 0.307 e. The topological polar surface area (TPSA) is 42.9 Å². The first-order valence-corrected chi connectivity index (χ1v) is 5.44. The van der Waals surface area contributed by atoms with Crippen molar-refractivity contribution in [3.05, 3.63) is 0 Å². The minimum Gasteiger partial charge on any atom is -0.459 e. The van der Waals surface area contributed by atoms with Gasteiger partial charge < -0.3 is 10.1 Å². The van der Waals surface area contributed by atoms with Gasteiger partial charge in [0, 0.05) is 18.6 Å². The van der Waals surface area contributed by atoms with Crippen LogP contribution in [0.25, 0.3) is 0 Å². The van der Waals surface area contributed by atoms with Gasteiger partial charge in [0.15, 0.2) is 0 Å². The number of rotatable bonds is 3. The zero-order valence-electron chi connectivity index (χ0n) is 8.08. The van der Waals surface area contributed by atoms with E-state index in [1.165, 1.54) is 0 Å². The lowest BCUT2D eigenvalue weighted by molar-refractivity contribution is -0.667. The summed E-state index contributed by atoms with van der Waals surface area (Å²) in [5, 5.41) is 2.26. The van der Waals surface area contributed by atoms with Gasteiger partial charge in [-0.15, -0.1) is 0 Å². The summed E-state index contributed by atoms with van der Waals surface area (Å²) in [5.74, 6) is 0.459. The van der Waals surface area contributed by atoms with Gasteiger partial charge in [-0.05, 0) is 6.92 Å². The second-order valence-corrected chi connectivity index (χ2v) is 4.21. The minimum atomic E-state index is -0.214. The first kappa shape index (κ1) is 10.9. The Morgan fingerprint density at radius 3 is 2.69 bits per heavy atom. The lowest BCUT2D eigenvalue weighted by Crippen LogP contribution is -2.87. The predicted molar refractivity (Wildman–Crippen MR) is 53.9 cm³/mol. The molecule has 1 aliphatic rings. The molecule has 1 fully saturated rings. The number of hydrogen-bond acceptors (Lipinski definition) is 3. The fraction of sp³-hybridized carbons (Fsp3) is 0.889. The standard InChI is InChI=1S/C9H17NO2S/c1-9(3-5-10-6-4-9)12-8(11)2-7-13/h10,13H,2-7H2,1H3/p+1. The second-order valence-electron chi connectivity index (χ2n) is 3.76. The van der Waals surface area contributed by atoms with Crippen molar-refractivity contribution in [1.29, 1.82) is 0 Å². The molecule has 0 amide bonds. The molecule has 13 heavy (non-hydrogen) atoms. The van der Waals surface area contributed by atoms with Crippen molar-refractivity contribution < 1.29 is 14.8 Å². The molecule has 1 saturated heterocycles. The first-order chi connectivity index (χ1) is 6.16. The highest BCUT2D eigenvalue weighted by atomic mass is 32.1. The summed E-state index contributed by atoms with van der Waals surface area (Å²) in [6.07, 6.45) is 2.35. The summed E-state index contributed by atoms with van der Waals surface area (Å²) in [4.78, 5) is 11.2. The highest BCUT2D eigenvalue weighted by Crippen LogP contribution is 2.20. The highest BCUT2D eigenvalue weighted by Gasteiger charge is 2.32. The van der Waals surface area contributed by atoms with Crippen LogP contribution in [0.5, 0.6) is 0 Å². The minimum absolute atomic E-state index is 0.112. The SMILES string of the molecule is CC1(OC(=O)CCS)CC[NH2+]CC1. The zero-order chi connectivity index (χ0) is 9.73. The fourth-order valence-electron chi connectivity index (χ4n) is 1.60. The molecule has 4 heteroatoms. The maximum atomic E-state index is 11.2. The molecule has 0 atom stereocenters. The molecule has 0 spiro atoms. The molecule has 2 N–H and O–H groups in total. The number of nitrogens with two attached hydrogens (primary N) is 1.